The van der Waals surface area contributed by atoms with Gasteiger partial charge in [0.2, 0.25) is 0 Å². The number of halogens is 1. The smallest absolute Gasteiger partial charge is 0.302 e. The summed E-state index contributed by atoms with van der Waals surface area (Å²) in [5.41, 5.74) is 0. The lowest BCUT2D eigenvalue weighted by Gasteiger charge is -2.07. The normalized spacial score (nSPS) is 9.05. The lowest BCUT2D eigenvalue weighted by molar-refractivity contribution is -0.140. The average molecular weight is 296 g/mol. The van der Waals surface area contributed by atoms with Crippen LogP contribution in [0.2, 0.25) is 0 Å². The molecule has 0 spiro atoms. The number of hydrogen-bond acceptors (Lipinski definition) is 2. The van der Waals surface area contributed by atoms with Gasteiger partial charge in [0.25, 0.3) is 0 Å². The molecule has 0 fully saturated rings. The highest BCUT2D eigenvalue weighted by molar-refractivity contribution is 7.57. The van der Waals surface area contributed by atoms with E-state index in [0.29, 0.717) is 14.5 Å². The standard InChI is InChI=1S/C6H15P.C5H11F.C4H8O2/c1-4-7(5-2)6-3;1-2-3-4-5-6;1-3-6-4(2)5/h4-6H2,1-3H3;2-5H2,1H3;3H2,1-2H3. The van der Waals surface area contributed by atoms with Crippen molar-refractivity contribution in [3.05, 3.63) is 0 Å². The van der Waals surface area contributed by atoms with Crippen molar-refractivity contribution in [2.75, 3.05) is 31.8 Å². The minimum Gasteiger partial charge on any atom is -0.466 e. The van der Waals surface area contributed by atoms with Crippen LogP contribution < -0.4 is 0 Å². The van der Waals surface area contributed by atoms with Crippen LogP contribution in [0.25, 0.3) is 0 Å². The topological polar surface area (TPSA) is 26.3 Å². The highest BCUT2D eigenvalue weighted by Crippen LogP contribution is 2.32. The Bertz CT molecular complexity index is 153. The molecular weight excluding hydrogens is 262 g/mol. The van der Waals surface area contributed by atoms with Crippen molar-refractivity contribution in [2.24, 2.45) is 0 Å². The van der Waals surface area contributed by atoms with Gasteiger partial charge in [-0.25, -0.2) is 0 Å². The van der Waals surface area contributed by atoms with Gasteiger partial charge in [-0.2, -0.15) is 0 Å². The zero-order chi connectivity index (χ0) is 15.5. The second-order valence-electron chi connectivity index (χ2n) is 3.94. The van der Waals surface area contributed by atoms with Crippen molar-refractivity contribution in [3.8, 4) is 0 Å². The van der Waals surface area contributed by atoms with E-state index in [1.165, 1.54) is 25.4 Å². The predicted molar refractivity (Wildman–Crippen MR) is 86.4 cm³/mol. The second-order valence-corrected chi connectivity index (χ2v) is 7.18. The number of ether oxygens (including phenoxy) is 1. The first-order chi connectivity index (χ1) is 9.03. The summed E-state index contributed by atoms with van der Waals surface area (Å²) >= 11 is 0. The van der Waals surface area contributed by atoms with Crippen molar-refractivity contribution in [1.29, 1.82) is 0 Å². The number of carbonyl (C=O) groups is 1. The molecule has 0 atom stereocenters. The number of rotatable bonds is 7. The molecule has 0 aliphatic heterocycles. The molecule has 2 nitrogen and oxygen atoms in total. The third-order valence-electron chi connectivity index (χ3n) is 2.43. The Morgan fingerprint density at radius 1 is 1.00 bits per heavy atom. The first-order valence-electron chi connectivity index (χ1n) is 7.45. The van der Waals surface area contributed by atoms with Crippen LogP contribution in [0.15, 0.2) is 0 Å². The molecule has 0 saturated heterocycles. The monoisotopic (exact) mass is 296 g/mol. The van der Waals surface area contributed by atoms with Crippen LogP contribution in [0.3, 0.4) is 0 Å². The Labute approximate surface area is 121 Å². The maximum Gasteiger partial charge on any atom is 0.302 e. The summed E-state index contributed by atoms with van der Waals surface area (Å²) in [5.74, 6) is -0.211. The van der Waals surface area contributed by atoms with E-state index >= 15 is 0 Å². The fourth-order valence-electron chi connectivity index (χ4n) is 1.22. The highest BCUT2D eigenvalue weighted by Gasteiger charge is 1.94. The number of esters is 1. The molecule has 0 bridgehead atoms. The molecule has 0 rings (SSSR count). The fraction of sp³-hybridized carbons (Fsp3) is 0.933. The summed E-state index contributed by atoms with van der Waals surface area (Å²) in [6.07, 6.45) is 7.16. The fourth-order valence-corrected chi connectivity index (χ4v) is 2.56. The van der Waals surface area contributed by atoms with Crippen molar-refractivity contribution in [1.82, 2.24) is 0 Å². The molecule has 0 amide bonds. The van der Waals surface area contributed by atoms with Crippen LogP contribution in [0, 0.1) is 0 Å². The average Bonchev–Trinajstić information content (AvgIpc) is 2.39. The quantitative estimate of drug-likeness (QED) is 0.364. The van der Waals surface area contributed by atoms with E-state index in [9.17, 15) is 9.18 Å². The van der Waals surface area contributed by atoms with Gasteiger partial charge in [-0.05, 0) is 31.8 Å². The summed E-state index contributed by atoms with van der Waals surface area (Å²) in [4.78, 5) is 9.82. The maximum absolute atomic E-state index is 11.2. The van der Waals surface area contributed by atoms with Gasteiger partial charge in [0.05, 0.1) is 13.3 Å². The number of alkyl halides is 1. The lowest BCUT2D eigenvalue weighted by atomic mass is 10.3. The molecule has 4 heteroatoms. The molecule has 0 aliphatic rings. The Morgan fingerprint density at radius 2 is 1.47 bits per heavy atom. The Balaban J connectivity index is -0.000000203. The Hall–Kier alpha value is -0.170. The molecule has 0 N–H and O–H groups in total. The molecule has 0 aromatic rings. The van der Waals surface area contributed by atoms with Gasteiger partial charge >= 0.3 is 5.97 Å². The van der Waals surface area contributed by atoms with Crippen molar-refractivity contribution in [2.45, 2.75) is 60.8 Å². The summed E-state index contributed by atoms with van der Waals surface area (Å²) in [6.45, 7) is 12.4. The number of carbonyl (C=O) groups excluding carboxylic acids is 1. The SMILES string of the molecule is CCCCCF.CCOC(C)=O.CCP(CC)CC. The zero-order valence-electron chi connectivity index (χ0n) is 13.8. The molecule has 0 heterocycles. The molecule has 0 aromatic heterocycles. The summed E-state index contributed by atoms with van der Waals surface area (Å²) < 4.78 is 15.6. The third-order valence-corrected chi connectivity index (χ3v) is 5.11. The van der Waals surface area contributed by atoms with E-state index in [1.54, 1.807) is 6.92 Å². The van der Waals surface area contributed by atoms with Gasteiger partial charge < -0.3 is 4.74 Å². The predicted octanol–water partition coefficient (Wildman–Crippen LogP) is 5.24. The molecular formula is C15H34FO2P. The summed E-state index contributed by atoms with van der Waals surface area (Å²) in [6, 6.07) is 0. The van der Waals surface area contributed by atoms with Gasteiger partial charge in [-0.1, -0.05) is 40.5 Å². The van der Waals surface area contributed by atoms with E-state index in [-0.39, 0.29) is 12.6 Å². The van der Waals surface area contributed by atoms with Crippen LogP contribution in [-0.4, -0.2) is 37.7 Å². The largest absolute Gasteiger partial charge is 0.466 e. The highest BCUT2D eigenvalue weighted by atomic mass is 31.1. The van der Waals surface area contributed by atoms with Crippen LogP contribution >= 0.6 is 7.92 Å². The van der Waals surface area contributed by atoms with Gasteiger partial charge in [0, 0.05) is 6.92 Å². The minimum absolute atomic E-state index is 0.145. The van der Waals surface area contributed by atoms with Crippen molar-refractivity contribution < 1.29 is 13.9 Å². The van der Waals surface area contributed by atoms with Crippen LogP contribution in [-0.2, 0) is 9.53 Å². The van der Waals surface area contributed by atoms with Gasteiger partial charge in [-0.15, -0.1) is 7.92 Å². The molecule has 0 radical (unpaired) electrons. The minimum atomic E-state index is -0.211. The first-order valence-corrected chi connectivity index (χ1v) is 9.35. The van der Waals surface area contributed by atoms with E-state index < -0.39 is 0 Å². The Kier molecular flexibility index (Phi) is 28.9. The molecule has 118 valence electrons. The van der Waals surface area contributed by atoms with E-state index in [0.717, 1.165) is 19.3 Å². The lowest BCUT2D eigenvalue weighted by Crippen LogP contribution is -1.95. The van der Waals surface area contributed by atoms with Gasteiger partial charge in [0.1, 0.15) is 0 Å². The molecule has 0 saturated carbocycles. The Morgan fingerprint density at radius 3 is 1.53 bits per heavy atom. The molecule has 0 aromatic carbocycles. The van der Waals surface area contributed by atoms with Gasteiger partial charge in [0.15, 0.2) is 0 Å². The summed E-state index contributed by atoms with van der Waals surface area (Å²) in [5, 5.41) is 0. The summed E-state index contributed by atoms with van der Waals surface area (Å²) in [7, 11) is 0.446. The van der Waals surface area contributed by atoms with Crippen molar-refractivity contribution >= 4 is 13.9 Å². The van der Waals surface area contributed by atoms with E-state index in [1.807, 2.05) is 0 Å². The van der Waals surface area contributed by atoms with Gasteiger partial charge in [-0.3, -0.25) is 9.18 Å². The molecule has 0 aliphatic carbocycles. The maximum atomic E-state index is 11.2. The van der Waals surface area contributed by atoms with E-state index in [2.05, 4.69) is 32.4 Å². The number of unbranched alkanes of at least 4 members (excludes halogenated alkanes) is 2. The van der Waals surface area contributed by atoms with Crippen LogP contribution in [0.1, 0.15) is 60.8 Å². The van der Waals surface area contributed by atoms with Crippen molar-refractivity contribution in [3.63, 3.8) is 0 Å². The first kappa shape index (κ1) is 23.9. The number of hydrogen-bond donors (Lipinski definition) is 0. The zero-order valence-corrected chi connectivity index (χ0v) is 14.7. The van der Waals surface area contributed by atoms with Crippen LogP contribution in [0.4, 0.5) is 4.39 Å². The van der Waals surface area contributed by atoms with E-state index in [4.69, 9.17) is 0 Å². The van der Waals surface area contributed by atoms with Crippen LogP contribution in [0.5, 0.6) is 0 Å². The third kappa shape index (κ3) is 31.9. The molecule has 0 unspecified atom stereocenters. The second kappa shape index (κ2) is 23.0. The molecule has 19 heavy (non-hydrogen) atoms.